The van der Waals surface area contributed by atoms with E-state index < -0.39 is 0 Å². The first-order chi connectivity index (χ1) is 9.57. The van der Waals surface area contributed by atoms with Crippen LogP contribution in [0.25, 0.3) is 11.1 Å². The normalized spacial score (nSPS) is 18.2. The van der Waals surface area contributed by atoms with E-state index >= 15 is 0 Å². The Morgan fingerprint density at radius 1 is 1.30 bits per heavy atom. The van der Waals surface area contributed by atoms with Gasteiger partial charge in [0.15, 0.2) is 0 Å². The largest absolute Gasteiger partial charge is 0.382 e. The molecule has 0 unspecified atom stereocenters. The molecule has 0 aliphatic carbocycles. The van der Waals surface area contributed by atoms with Crippen molar-refractivity contribution in [1.82, 2.24) is 4.37 Å². The van der Waals surface area contributed by atoms with Crippen LogP contribution in [0.4, 0.5) is 10.8 Å². The molecule has 2 heterocycles. The maximum absolute atomic E-state index is 6.09. The summed E-state index contributed by atoms with van der Waals surface area (Å²) >= 11 is 1.47. The second-order valence-corrected chi connectivity index (χ2v) is 6.40. The molecular weight excluding hydrogens is 270 g/mol. The number of nitrogens with two attached hydrogens (primary N) is 1. The lowest BCUT2D eigenvalue weighted by molar-refractivity contribution is -0.0274. The van der Waals surface area contributed by atoms with Crippen molar-refractivity contribution >= 4 is 22.4 Å². The molecule has 0 atom stereocenters. The van der Waals surface area contributed by atoms with Gasteiger partial charge < -0.3 is 15.4 Å². The lowest BCUT2D eigenvalue weighted by atomic mass is 10.1. The molecule has 2 aromatic rings. The van der Waals surface area contributed by atoms with Crippen LogP contribution >= 0.6 is 11.5 Å². The highest BCUT2D eigenvalue weighted by Gasteiger charge is 2.30. The van der Waals surface area contributed by atoms with Crippen LogP contribution in [-0.2, 0) is 4.74 Å². The molecule has 1 aromatic carbocycles. The second kappa shape index (κ2) is 5.07. The molecule has 5 heteroatoms. The fourth-order valence-electron chi connectivity index (χ4n) is 2.58. The van der Waals surface area contributed by atoms with Crippen molar-refractivity contribution in [3.8, 4) is 11.1 Å². The van der Waals surface area contributed by atoms with Gasteiger partial charge in [-0.25, -0.2) is 0 Å². The summed E-state index contributed by atoms with van der Waals surface area (Å²) in [7, 11) is 0. The first-order valence-electron chi connectivity index (χ1n) is 6.76. The average molecular weight is 289 g/mol. The van der Waals surface area contributed by atoms with Gasteiger partial charge in [-0.05, 0) is 30.9 Å². The van der Waals surface area contributed by atoms with Crippen molar-refractivity contribution in [2.75, 3.05) is 30.3 Å². The number of nitrogen functional groups attached to an aromatic ring is 1. The first kappa shape index (κ1) is 13.4. The quantitative estimate of drug-likeness (QED) is 0.923. The third-order valence-corrected chi connectivity index (χ3v) is 4.40. The molecule has 20 heavy (non-hydrogen) atoms. The Labute approximate surface area is 123 Å². The van der Waals surface area contributed by atoms with E-state index in [4.69, 9.17) is 10.5 Å². The van der Waals surface area contributed by atoms with Gasteiger partial charge in [0.25, 0.3) is 0 Å². The number of rotatable bonds is 2. The molecule has 1 fully saturated rings. The maximum atomic E-state index is 6.09. The molecule has 0 saturated carbocycles. The summed E-state index contributed by atoms with van der Waals surface area (Å²) in [5.74, 6) is 0.612. The molecule has 0 amide bonds. The van der Waals surface area contributed by atoms with Crippen molar-refractivity contribution in [3.05, 3.63) is 30.3 Å². The van der Waals surface area contributed by atoms with Gasteiger partial charge in [0.2, 0.25) is 0 Å². The molecule has 1 aliphatic heterocycles. The molecule has 4 nitrogen and oxygen atoms in total. The van der Waals surface area contributed by atoms with Crippen molar-refractivity contribution < 1.29 is 4.74 Å². The highest BCUT2D eigenvalue weighted by Crippen LogP contribution is 2.40. The van der Waals surface area contributed by atoms with E-state index in [2.05, 4.69) is 35.3 Å². The monoisotopic (exact) mass is 289 g/mol. The highest BCUT2D eigenvalue weighted by molar-refractivity contribution is 7.11. The van der Waals surface area contributed by atoms with E-state index in [-0.39, 0.29) is 5.60 Å². The van der Waals surface area contributed by atoms with Crippen LogP contribution < -0.4 is 10.6 Å². The molecule has 1 saturated heterocycles. The zero-order chi connectivity index (χ0) is 14.2. The van der Waals surface area contributed by atoms with Gasteiger partial charge in [-0.3, -0.25) is 0 Å². The zero-order valence-electron chi connectivity index (χ0n) is 11.8. The fourth-order valence-corrected chi connectivity index (χ4v) is 3.44. The lowest BCUT2D eigenvalue weighted by Crippen LogP contribution is -2.48. The molecule has 1 aliphatic rings. The number of aromatic nitrogens is 1. The Morgan fingerprint density at radius 3 is 2.75 bits per heavy atom. The van der Waals surface area contributed by atoms with E-state index in [0.717, 1.165) is 35.8 Å². The summed E-state index contributed by atoms with van der Waals surface area (Å²) < 4.78 is 10.1. The van der Waals surface area contributed by atoms with E-state index in [0.29, 0.717) is 5.82 Å². The second-order valence-electron chi connectivity index (χ2n) is 5.64. The number of morpholine rings is 1. The molecule has 2 N–H and O–H groups in total. The van der Waals surface area contributed by atoms with Gasteiger partial charge in [0, 0.05) is 13.1 Å². The summed E-state index contributed by atoms with van der Waals surface area (Å²) in [6, 6.07) is 10.2. The van der Waals surface area contributed by atoms with E-state index in [1.54, 1.807) is 0 Å². The SMILES string of the molecule is CC1(C)CN(c2snc(N)c2-c2ccccc2)CCO1. The van der Waals surface area contributed by atoms with Crippen molar-refractivity contribution in [2.45, 2.75) is 19.4 Å². The Bertz CT molecular complexity index is 594. The van der Waals surface area contributed by atoms with Gasteiger partial charge in [0.1, 0.15) is 10.8 Å². The van der Waals surface area contributed by atoms with Crippen molar-refractivity contribution in [2.24, 2.45) is 0 Å². The van der Waals surface area contributed by atoms with Crippen molar-refractivity contribution in [1.29, 1.82) is 0 Å². The smallest absolute Gasteiger partial charge is 0.147 e. The number of benzene rings is 1. The van der Waals surface area contributed by atoms with E-state index in [1.807, 2.05) is 18.2 Å². The lowest BCUT2D eigenvalue weighted by Gasteiger charge is -2.39. The van der Waals surface area contributed by atoms with Crippen LogP contribution in [0.5, 0.6) is 0 Å². The van der Waals surface area contributed by atoms with Gasteiger partial charge in [0.05, 0.1) is 17.8 Å². The minimum Gasteiger partial charge on any atom is -0.382 e. The van der Waals surface area contributed by atoms with E-state index in [1.165, 1.54) is 11.5 Å². The number of hydrogen-bond acceptors (Lipinski definition) is 5. The third-order valence-electron chi connectivity index (χ3n) is 3.48. The molecule has 106 valence electrons. The van der Waals surface area contributed by atoms with E-state index in [9.17, 15) is 0 Å². The Kier molecular flexibility index (Phi) is 3.40. The Balaban J connectivity index is 1.99. The molecule has 0 radical (unpaired) electrons. The predicted molar refractivity (Wildman–Crippen MR) is 84.2 cm³/mol. The summed E-state index contributed by atoms with van der Waals surface area (Å²) in [5, 5.41) is 1.14. The van der Waals surface area contributed by atoms with Gasteiger partial charge in [-0.1, -0.05) is 30.3 Å². The summed E-state index contributed by atoms with van der Waals surface area (Å²) in [4.78, 5) is 2.33. The number of hydrogen-bond donors (Lipinski definition) is 1. The molecular formula is C15H19N3OS. The highest BCUT2D eigenvalue weighted by atomic mass is 32.1. The number of nitrogens with zero attached hydrogens (tertiary/aromatic N) is 2. The van der Waals surface area contributed by atoms with Gasteiger partial charge in [-0.2, -0.15) is 4.37 Å². The summed E-state index contributed by atoms with van der Waals surface area (Å²) in [5.41, 5.74) is 8.13. The fraction of sp³-hybridized carbons (Fsp3) is 0.400. The minimum absolute atomic E-state index is 0.134. The van der Waals surface area contributed by atoms with Crippen LogP contribution in [0.1, 0.15) is 13.8 Å². The molecule has 0 spiro atoms. The summed E-state index contributed by atoms with van der Waals surface area (Å²) in [6.45, 7) is 6.70. The number of ether oxygens (including phenoxy) is 1. The van der Waals surface area contributed by atoms with Crippen LogP contribution in [-0.4, -0.2) is 29.7 Å². The Hall–Kier alpha value is -1.59. The average Bonchev–Trinajstić information content (AvgIpc) is 2.80. The molecule has 1 aromatic heterocycles. The van der Waals surface area contributed by atoms with Gasteiger partial charge >= 0.3 is 0 Å². The Morgan fingerprint density at radius 2 is 2.05 bits per heavy atom. The van der Waals surface area contributed by atoms with Crippen molar-refractivity contribution in [3.63, 3.8) is 0 Å². The number of anilines is 2. The van der Waals surface area contributed by atoms with Crippen LogP contribution in [0.3, 0.4) is 0 Å². The van der Waals surface area contributed by atoms with Crippen LogP contribution in [0.2, 0.25) is 0 Å². The van der Waals surface area contributed by atoms with Gasteiger partial charge in [-0.15, -0.1) is 0 Å². The molecule has 0 bridgehead atoms. The van der Waals surface area contributed by atoms with Crippen LogP contribution in [0, 0.1) is 0 Å². The standard InChI is InChI=1S/C15H19N3OS/c1-15(2)10-18(8-9-19-15)14-12(13(16)17-20-14)11-6-4-3-5-7-11/h3-7H,8-10H2,1-2H3,(H2,16,17). The minimum atomic E-state index is -0.134. The van der Waals surface area contributed by atoms with Crippen LogP contribution in [0.15, 0.2) is 30.3 Å². The maximum Gasteiger partial charge on any atom is 0.147 e. The molecule has 3 rings (SSSR count). The summed E-state index contributed by atoms with van der Waals surface area (Å²) in [6.07, 6.45) is 0. The predicted octanol–water partition coefficient (Wildman–Crippen LogP) is 3.01. The third kappa shape index (κ3) is 2.51. The topological polar surface area (TPSA) is 51.4 Å². The first-order valence-corrected chi connectivity index (χ1v) is 7.54. The zero-order valence-corrected chi connectivity index (χ0v) is 12.6.